The van der Waals surface area contributed by atoms with Crippen LogP contribution in [-0.2, 0) is 0 Å². The van der Waals surface area contributed by atoms with E-state index in [1.165, 1.54) is 17.4 Å². The molecule has 5 heteroatoms. The summed E-state index contributed by atoms with van der Waals surface area (Å²) in [5.74, 6) is 0.873. The van der Waals surface area contributed by atoms with Crippen molar-refractivity contribution in [2.75, 3.05) is 17.3 Å². The van der Waals surface area contributed by atoms with Gasteiger partial charge in [0.2, 0.25) is 11.8 Å². The van der Waals surface area contributed by atoms with Crippen LogP contribution in [0.25, 0.3) is 0 Å². The molecule has 5 nitrogen and oxygen atoms in total. The molecular formula is C10H10N2O3. The maximum absolute atomic E-state index is 11.6. The molecule has 2 aromatic rings. The Labute approximate surface area is 86.3 Å². The van der Waals surface area contributed by atoms with Crippen LogP contribution in [0.2, 0.25) is 0 Å². The third-order valence-electron chi connectivity index (χ3n) is 1.89. The topological polar surface area (TPSA) is 58.6 Å². The summed E-state index contributed by atoms with van der Waals surface area (Å²) in [6.45, 7) is 0. The molecule has 0 saturated carbocycles. The van der Waals surface area contributed by atoms with Gasteiger partial charge in [0.05, 0.1) is 12.5 Å². The monoisotopic (exact) mass is 206 g/mol. The molecule has 2 amide bonds. The highest BCUT2D eigenvalue weighted by Crippen LogP contribution is 2.14. The maximum atomic E-state index is 11.6. The first-order valence-electron chi connectivity index (χ1n) is 4.39. The summed E-state index contributed by atoms with van der Waals surface area (Å²) in [4.78, 5) is 13.0. The average Bonchev–Trinajstić information content (AvgIpc) is 2.88. The lowest BCUT2D eigenvalue weighted by Gasteiger charge is -2.13. The minimum absolute atomic E-state index is 0.320. The van der Waals surface area contributed by atoms with Gasteiger partial charge in [-0.25, -0.2) is 4.79 Å². The van der Waals surface area contributed by atoms with Gasteiger partial charge < -0.3 is 8.83 Å². The van der Waals surface area contributed by atoms with E-state index in [1.807, 2.05) is 0 Å². The van der Waals surface area contributed by atoms with Crippen LogP contribution in [0.3, 0.4) is 0 Å². The SMILES string of the molecule is CN(C(=O)Nc1ccco1)c1ccco1. The van der Waals surface area contributed by atoms with Crippen LogP contribution in [0.1, 0.15) is 0 Å². The molecule has 0 spiro atoms. The molecule has 0 fully saturated rings. The second-order valence-electron chi connectivity index (χ2n) is 2.92. The van der Waals surface area contributed by atoms with E-state index in [-0.39, 0.29) is 6.03 Å². The van der Waals surface area contributed by atoms with Crippen LogP contribution >= 0.6 is 0 Å². The fraction of sp³-hybridized carbons (Fsp3) is 0.100. The van der Waals surface area contributed by atoms with E-state index in [1.54, 1.807) is 31.3 Å². The molecule has 0 saturated heterocycles. The van der Waals surface area contributed by atoms with Crippen molar-refractivity contribution in [2.45, 2.75) is 0 Å². The van der Waals surface area contributed by atoms with E-state index in [0.717, 1.165) is 0 Å². The second kappa shape index (κ2) is 3.91. The molecule has 15 heavy (non-hydrogen) atoms. The van der Waals surface area contributed by atoms with Gasteiger partial charge in [-0.3, -0.25) is 10.2 Å². The van der Waals surface area contributed by atoms with Crippen LogP contribution in [-0.4, -0.2) is 13.1 Å². The largest absolute Gasteiger partial charge is 0.449 e. The Hall–Kier alpha value is -2.17. The molecule has 2 rings (SSSR count). The minimum Gasteiger partial charge on any atom is -0.449 e. The third-order valence-corrected chi connectivity index (χ3v) is 1.89. The number of hydrogen-bond donors (Lipinski definition) is 1. The van der Waals surface area contributed by atoms with Gasteiger partial charge in [0.1, 0.15) is 0 Å². The van der Waals surface area contributed by atoms with E-state index in [9.17, 15) is 4.79 Å². The Morgan fingerprint density at radius 2 is 2.00 bits per heavy atom. The van der Waals surface area contributed by atoms with Crippen LogP contribution in [0, 0.1) is 0 Å². The smallest absolute Gasteiger partial charge is 0.330 e. The molecule has 0 bridgehead atoms. The lowest BCUT2D eigenvalue weighted by Crippen LogP contribution is -2.30. The number of carbonyl (C=O) groups is 1. The molecule has 0 aromatic carbocycles. The van der Waals surface area contributed by atoms with Gasteiger partial charge >= 0.3 is 6.03 Å². The van der Waals surface area contributed by atoms with Gasteiger partial charge in [0, 0.05) is 19.2 Å². The fourth-order valence-electron chi connectivity index (χ4n) is 1.10. The van der Waals surface area contributed by atoms with E-state index < -0.39 is 0 Å². The highest BCUT2D eigenvalue weighted by Gasteiger charge is 2.13. The molecule has 0 aliphatic rings. The number of furan rings is 2. The molecule has 0 unspecified atom stereocenters. The first-order valence-corrected chi connectivity index (χ1v) is 4.39. The lowest BCUT2D eigenvalue weighted by molar-refractivity contribution is 0.256. The highest BCUT2D eigenvalue weighted by atomic mass is 16.4. The Balaban J connectivity index is 2.03. The fourth-order valence-corrected chi connectivity index (χ4v) is 1.10. The standard InChI is InChI=1S/C10H10N2O3/c1-12(9-5-3-7-15-9)10(13)11-8-4-2-6-14-8/h2-7H,1H3,(H,11,13). The number of carbonyl (C=O) groups excluding carboxylic acids is 1. The van der Waals surface area contributed by atoms with Crippen molar-refractivity contribution in [3.63, 3.8) is 0 Å². The summed E-state index contributed by atoms with van der Waals surface area (Å²) in [5, 5.41) is 2.57. The van der Waals surface area contributed by atoms with E-state index in [2.05, 4.69) is 5.32 Å². The summed E-state index contributed by atoms with van der Waals surface area (Å²) in [5.41, 5.74) is 0. The summed E-state index contributed by atoms with van der Waals surface area (Å²) in [6, 6.07) is 6.45. The molecule has 1 N–H and O–H groups in total. The molecule has 0 atom stereocenters. The van der Waals surface area contributed by atoms with E-state index in [0.29, 0.717) is 11.8 Å². The molecule has 0 aliphatic carbocycles. The van der Waals surface area contributed by atoms with Crippen LogP contribution in [0.5, 0.6) is 0 Å². The quantitative estimate of drug-likeness (QED) is 0.821. The van der Waals surface area contributed by atoms with Crippen molar-refractivity contribution in [3.05, 3.63) is 36.8 Å². The molecule has 2 heterocycles. The first kappa shape index (κ1) is 9.39. The van der Waals surface area contributed by atoms with Crippen LogP contribution in [0.4, 0.5) is 16.6 Å². The maximum Gasteiger partial charge on any atom is 0.330 e. The zero-order chi connectivity index (χ0) is 10.7. The van der Waals surface area contributed by atoms with Gasteiger partial charge in [0.25, 0.3) is 0 Å². The van der Waals surface area contributed by atoms with Crippen molar-refractivity contribution in [1.29, 1.82) is 0 Å². The van der Waals surface area contributed by atoms with Gasteiger partial charge in [-0.1, -0.05) is 0 Å². The van der Waals surface area contributed by atoms with E-state index in [4.69, 9.17) is 8.83 Å². The summed E-state index contributed by atoms with van der Waals surface area (Å²) < 4.78 is 10.1. The Morgan fingerprint density at radius 1 is 1.27 bits per heavy atom. The summed E-state index contributed by atoms with van der Waals surface area (Å²) in [7, 11) is 1.61. The minimum atomic E-state index is -0.320. The number of urea groups is 1. The molecule has 0 aliphatic heterocycles. The summed E-state index contributed by atoms with van der Waals surface area (Å²) in [6.07, 6.45) is 2.99. The zero-order valence-corrected chi connectivity index (χ0v) is 8.14. The lowest BCUT2D eigenvalue weighted by atomic mass is 10.5. The van der Waals surface area contributed by atoms with Crippen LogP contribution < -0.4 is 10.2 Å². The zero-order valence-electron chi connectivity index (χ0n) is 8.14. The molecule has 78 valence electrons. The summed E-state index contributed by atoms with van der Waals surface area (Å²) >= 11 is 0. The van der Waals surface area contributed by atoms with Crippen molar-refractivity contribution < 1.29 is 13.6 Å². The number of nitrogens with zero attached hydrogens (tertiary/aromatic N) is 1. The average molecular weight is 206 g/mol. The van der Waals surface area contributed by atoms with Crippen molar-refractivity contribution in [1.82, 2.24) is 0 Å². The van der Waals surface area contributed by atoms with Gasteiger partial charge in [-0.15, -0.1) is 0 Å². The van der Waals surface area contributed by atoms with E-state index >= 15 is 0 Å². The molecule has 0 radical (unpaired) electrons. The number of hydrogen-bond acceptors (Lipinski definition) is 3. The van der Waals surface area contributed by atoms with Gasteiger partial charge in [0.15, 0.2) is 0 Å². The predicted molar refractivity (Wildman–Crippen MR) is 54.8 cm³/mol. The number of anilines is 2. The second-order valence-corrected chi connectivity index (χ2v) is 2.92. The number of nitrogens with one attached hydrogen (secondary N) is 1. The van der Waals surface area contributed by atoms with Crippen molar-refractivity contribution in [3.8, 4) is 0 Å². The first-order chi connectivity index (χ1) is 7.27. The Morgan fingerprint density at radius 3 is 2.60 bits per heavy atom. The normalized spacial score (nSPS) is 9.93. The van der Waals surface area contributed by atoms with Crippen molar-refractivity contribution in [2.24, 2.45) is 0 Å². The van der Waals surface area contributed by atoms with Gasteiger partial charge in [-0.2, -0.15) is 0 Å². The number of amides is 2. The Kier molecular flexibility index (Phi) is 2.45. The molecular weight excluding hydrogens is 196 g/mol. The van der Waals surface area contributed by atoms with Gasteiger partial charge in [-0.05, 0) is 12.1 Å². The molecule has 2 aromatic heterocycles. The highest BCUT2D eigenvalue weighted by molar-refractivity contribution is 5.99. The third kappa shape index (κ3) is 2.01. The van der Waals surface area contributed by atoms with Crippen LogP contribution in [0.15, 0.2) is 45.6 Å². The predicted octanol–water partition coefficient (Wildman–Crippen LogP) is 2.54. The van der Waals surface area contributed by atoms with Crippen molar-refractivity contribution >= 4 is 17.8 Å². The Bertz CT molecular complexity index is 419. The number of rotatable bonds is 2.